The number of hydrogen-bond donors (Lipinski definition) is 1. The maximum atomic E-state index is 12.0. The summed E-state index contributed by atoms with van der Waals surface area (Å²) in [5.41, 5.74) is 0.973. The van der Waals surface area contributed by atoms with E-state index in [1.54, 1.807) is 0 Å². The third-order valence-corrected chi connectivity index (χ3v) is 6.97. The second-order valence-electron chi connectivity index (χ2n) is 9.49. The van der Waals surface area contributed by atoms with Crippen molar-refractivity contribution in [3.05, 3.63) is 36.3 Å². The number of carbonyl (C=O) groups excluding carboxylic acids is 1. The predicted octanol–water partition coefficient (Wildman–Crippen LogP) is 4.18. The maximum absolute atomic E-state index is 12.0. The molecule has 36 heavy (non-hydrogen) atoms. The zero-order chi connectivity index (χ0) is 25.9. The fraction of sp³-hybridized carbons (Fsp3) is 0.630. The minimum absolute atomic E-state index is 0.0688. The molecule has 0 bridgehead atoms. The summed E-state index contributed by atoms with van der Waals surface area (Å²) < 4.78 is 21.4. The van der Waals surface area contributed by atoms with Gasteiger partial charge in [-0.2, -0.15) is 0 Å². The number of ether oxygens (including phenoxy) is 4. The minimum Gasteiger partial charge on any atom is -0.481 e. The van der Waals surface area contributed by atoms with Crippen LogP contribution in [0.1, 0.15) is 63.9 Å². The molecule has 9 nitrogen and oxygen atoms in total. The lowest BCUT2D eigenvalue weighted by atomic mass is 9.83. The molecule has 1 aromatic rings. The number of carboxylic acid groups (broad SMARTS) is 1. The molecule has 1 amide bonds. The van der Waals surface area contributed by atoms with E-state index in [1.807, 2.05) is 30.1 Å². The van der Waals surface area contributed by atoms with Crippen molar-refractivity contribution in [2.24, 2.45) is 5.92 Å². The van der Waals surface area contributed by atoms with Gasteiger partial charge in [-0.15, -0.1) is 0 Å². The van der Waals surface area contributed by atoms with E-state index in [1.165, 1.54) is 12.5 Å². The standard InChI is InChI=1S/C18H21NO6.C9H19NO/c1-19-9-12(11-2-4-14-15(8-11)25-10-24-14)17(18(20)21)13(19)3-5-16-22-6-7-23-16;1-3-5-7-10(9-11)8-6-4-2/h2,4,6-8,12-13,16-17H,3,5,9-10H2,1H3,(H,20,21);9H,3-8H2,1-2H3. The van der Waals surface area contributed by atoms with Crippen LogP contribution in [0.3, 0.4) is 0 Å². The molecule has 0 spiro atoms. The normalized spacial score (nSPS) is 22.5. The van der Waals surface area contributed by atoms with Crippen molar-refractivity contribution in [1.82, 2.24) is 9.80 Å². The quantitative estimate of drug-likeness (QED) is 0.424. The Bertz CT molecular complexity index is 862. The third kappa shape index (κ3) is 7.29. The van der Waals surface area contributed by atoms with E-state index in [4.69, 9.17) is 18.9 Å². The number of fused-ring (bicyclic) bond motifs is 1. The summed E-state index contributed by atoms with van der Waals surface area (Å²) in [6.07, 6.45) is 9.62. The molecule has 1 saturated heterocycles. The summed E-state index contributed by atoms with van der Waals surface area (Å²) in [5, 5.41) is 9.86. The molecule has 0 aromatic heterocycles. The molecule has 0 radical (unpaired) electrons. The molecule has 0 saturated carbocycles. The second-order valence-corrected chi connectivity index (χ2v) is 9.49. The van der Waals surface area contributed by atoms with Crippen molar-refractivity contribution >= 4 is 12.4 Å². The highest BCUT2D eigenvalue weighted by atomic mass is 16.7. The topological polar surface area (TPSA) is 97.8 Å². The Morgan fingerprint density at radius 3 is 2.36 bits per heavy atom. The number of aliphatic carboxylic acids is 1. The number of carbonyl (C=O) groups is 2. The number of unbranched alkanes of at least 4 members (excludes halogenated alkanes) is 2. The fourth-order valence-electron chi connectivity index (χ4n) is 4.95. The van der Waals surface area contributed by atoms with Crippen molar-refractivity contribution < 1.29 is 33.6 Å². The van der Waals surface area contributed by atoms with Crippen LogP contribution in [0.5, 0.6) is 11.5 Å². The number of likely N-dealkylation sites (N-methyl/N-ethyl adjacent to an activating group) is 1. The summed E-state index contributed by atoms with van der Waals surface area (Å²) in [7, 11) is 1.97. The summed E-state index contributed by atoms with van der Waals surface area (Å²) in [5.74, 6) is 0.0433. The Balaban J connectivity index is 0.000000280. The summed E-state index contributed by atoms with van der Waals surface area (Å²) in [6.45, 7) is 7.04. The largest absolute Gasteiger partial charge is 0.481 e. The number of rotatable bonds is 12. The van der Waals surface area contributed by atoms with E-state index >= 15 is 0 Å². The number of carboxylic acids is 1. The molecule has 1 N–H and O–H groups in total. The predicted molar refractivity (Wildman–Crippen MR) is 135 cm³/mol. The molecular weight excluding hydrogens is 464 g/mol. The van der Waals surface area contributed by atoms with Gasteiger partial charge >= 0.3 is 5.97 Å². The number of likely N-dealkylation sites (tertiary alicyclic amines) is 1. The van der Waals surface area contributed by atoms with Crippen LogP contribution in [0.15, 0.2) is 30.7 Å². The molecular formula is C27H40N2O7. The lowest BCUT2D eigenvalue weighted by Gasteiger charge is -2.24. The van der Waals surface area contributed by atoms with Crippen molar-refractivity contribution in [2.75, 3.05) is 33.5 Å². The average Bonchev–Trinajstić information content (AvgIpc) is 3.63. The first-order valence-corrected chi connectivity index (χ1v) is 13.0. The molecule has 3 atom stereocenters. The number of amides is 1. The van der Waals surface area contributed by atoms with E-state index in [2.05, 4.69) is 18.7 Å². The van der Waals surface area contributed by atoms with Gasteiger partial charge in [0.15, 0.2) is 11.5 Å². The molecule has 3 aliphatic rings. The van der Waals surface area contributed by atoms with Gasteiger partial charge in [0.1, 0.15) is 12.5 Å². The maximum Gasteiger partial charge on any atom is 0.308 e. The molecule has 0 aliphatic carbocycles. The van der Waals surface area contributed by atoms with Crippen LogP contribution in [0.2, 0.25) is 0 Å². The van der Waals surface area contributed by atoms with Crippen LogP contribution < -0.4 is 9.47 Å². The van der Waals surface area contributed by atoms with Crippen molar-refractivity contribution in [1.29, 1.82) is 0 Å². The molecule has 200 valence electrons. The first-order chi connectivity index (χ1) is 17.5. The molecule has 1 fully saturated rings. The molecule has 3 unspecified atom stereocenters. The third-order valence-electron chi connectivity index (χ3n) is 6.97. The Kier molecular flexibility index (Phi) is 10.7. The van der Waals surface area contributed by atoms with Crippen molar-refractivity contribution in [3.63, 3.8) is 0 Å². The molecule has 9 heteroatoms. The van der Waals surface area contributed by atoms with Gasteiger partial charge in [-0.05, 0) is 44.0 Å². The van der Waals surface area contributed by atoms with Gasteiger partial charge in [-0.3, -0.25) is 9.59 Å². The highest BCUT2D eigenvalue weighted by molar-refractivity contribution is 5.73. The van der Waals surface area contributed by atoms with Gasteiger partial charge in [0.05, 0.1) is 5.92 Å². The zero-order valence-electron chi connectivity index (χ0n) is 21.6. The summed E-state index contributed by atoms with van der Waals surface area (Å²) in [6, 6.07) is 5.64. The average molecular weight is 505 g/mol. The minimum atomic E-state index is -0.775. The molecule has 1 aromatic carbocycles. The Morgan fingerprint density at radius 1 is 1.08 bits per heavy atom. The monoisotopic (exact) mass is 504 g/mol. The van der Waals surface area contributed by atoms with E-state index in [-0.39, 0.29) is 25.0 Å². The smallest absolute Gasteiger partial charge is 0.308 e. The summed E-state index contributed by atoms with van der Waals surface area (Å²) in [4.78, 5) is 26.4. The fourth-order valence-corrected chi connectivity index (χ4v) is 4.95. The van der Waals surface area contributed by atoms with Gasteiger partial charge in [0, 0.05) is 38.0 Å². The van der Waals surface area contributed by atoms with Crippen LogP contribution in [0.4, 0.5) is 0 Å². The Hall–Kier alpha value is -2.94. The number of benzene rings is 1. The Labute approximate surface area is 213 Å². The number of nitrogens with zero attached hydrogens (tertiary/aromatic N) is 2. The highest BCUT2D eigenvalue weighted by Crippen LogP contribution is 2.42. The summed E-state index contributed by atoms with van der Waals surface area (Å²) >= 11 is 0. The van der Waals surface area contributed by atoms with Gasteiger partial charge in [0.2, 0.25) is 19.5 Å². The lowest BCUT2D eigenvalue weighted by Crippen LogP contribution is -2.34. The lowest BCUT2D eigenvalue weighted by molar-refractivity contribution is -0.143. The second kappa shape index (κ2) is 14.0. The van der Waals surface area contributed by atoms with Gasteiger partial charge in [-0.1, -0.05) is 32.8 Å². The SMILES string of the molecule is CCCCN(C=O)CCCC.CN1CC(c2ccc3c(c2)OCO3)C(C(=O)O)C1CCC1OC=CO1. The first-order valence-electron chi connectivity index (χ1n) is 13.0. The molecule has 3 aliphatic heterocycles. The highest BCUT2D eigenvalue weighted by Gasteiger charge is 2.45. The van der Waals surface area contributed by atoms with E-state index < -0.39 is 11.9 Å². The zero-order valence-corrected chi connectivity index (χ0v) is 21.6. The Morgan fingerprint density at radius 2 is 1.75 bits per heavy atom. The van der Waals surface area contributed by atoms with Gasteiger partial charge in [-0.25, -0.2) is 0 Å². The van der Waals surface area contributed by atoms with Gasteiger partial charge in [0.25, 0.3) is 0 Å². The molecule has 4 rings (SSSR count). The first kappa shape index (κ1) is 27.6. The van der Waals surface area contributed by atoms with E-state index in [9.17, 15) is 14.7 Å². The van der Waals surface area contributed by atoms with Crippen LogP contribution >= 0.6 is 0 Å². The van der Waals surface area contributed by atoms with Crippen molar-refractivity contribution in [2.45, 2.75) is 70.6 Å². The van der Waals surface area contributed by atoms with E-state index in [0.29, 0.717) is 30.9 Å². The van der Waals surface area contributed by atoms with Crippen LogP contribution in [-0.2, 0) is 19.1 Å². The van der Waals surface area contributed by atoms with Crippen LogP contribution in [0.25, 0.3) is 0 Å². The van der Waals surface area contributed by atoms with Gasteiger partial charge < -0.3 is 33.9 Å². The van der Waals surface area contributed by atoms with Crippen LogP contribution in [-0.4, -0.2) is 73.1 Å². The number of hydrogen-bond acceptors (Lipinski definition) is 7. The van der Waals surface area contributed by atoms with Crippen LogP contribution in [0, 0.1) is 5.92 Å². The van der Waals surface area contributed by atoms with Crippen molar-refractivity contribution in [3.8, 4) is 11.5 Å². The van der Waals surface area contributed by atoms with E-state index in [0.717, 1.165) is 50.7 Å². The molecule has 3 heterocycles.